The van der Waals surface area contributed by atoms with Gasteiger partial charge in [-0.15, -0.1) is 0 Å². The van der Waals surface area contributed by atoms with Crippen molar-refractivity contribution in [3.05, 3.63) is 29.8 Å². The van der Waals surface area contributed by atoms with Crippen molar-refractivity contribution in [2.24, 2.45) is 0 Å². The molecule has 0 saturated heterocycles. The zero-order valence-electron chi connectivity index (χ0n) is 10.2. The zero-order chi connectivity index (χ0) is 12.3. The van der Waals surface area contributed by atoms with Crippen molar-refractivity contribution in [1.29, 1.82) is 0 Å². The number of methoxy groups -OCH3 is 1. The molecule has 0 unspecified atom stereocenters. The van der Waals surface area contributed by atoms with Crippen LogP contribution in [0.15, 0.2) is 24.3 Å². The lowest BCUT2D eigenvalue weighted by molar-refractivity contribution is 0.241. The van der Waals surface area contributed by atoms with E-state index in [1.807, 2.05) is 19.1 Å². The lowest BCUT2D eigenvalue weighted by Crippen LogP contribution is -2.37. The van der Waals surface area contributed by atoms with Crippen molar-refractivity contribution in [2.75, 3.05) is 13.7 Å². The molecule has 0 aliphatic heterocycles. The lowest BCUT2D eigenvalue weighted by Gasteiger charge is -2.06. The van der Waals surface area contributed by atoms with Gasteiger partial charge in [0.1, 0.15) is 5.75 Å². The highest BCUT2D eigenvalue weighted by Crippen LogP contribution is 2.41. The minimum absolute atomic E-state index is 0.0755. The number of urea groups is 1. The second-order valence-electron chi connectivity index (χ2n) is 4.23. The number of nitrogens with one attached hydrogen (secondary N) is 2. The average Bonchev–Trinajstić information content (AvgIpc) is 3.09. The first-order chi connectivity index (χ1) is 8.24. The summed E-state index contributed by atoms with van der Waals surface area (Å²) in [5, 5.41) is 5.69. The van der Waals surface area contributed by atoms with Gasteiger partial charge in [-0.25, -0.2) is 4.79 Å². The van der Waals surface area contributed by atoms with Crippen molar-refractivity contribution >= 4 is 6.03 Å². The topological polar surface area (TPSA) is 50.4 Å². The van der Waals surface area contributed by atoms with Crippen molar-refractivity contribution in [1.82, 2.24) is 10.6 Å². The molecule has 4 heteroatoms. The minimum Gasteiger partial charge on any atom is -0.497 e. The van der Waals surface area contributed by atoms with Crippen LogP contribution < -0.4 is 15.4 Å². The molecule has 17 heavy (non-hydrogen) atoms. The fourth-order valence-corrected chi connectivity index (χ4v) is 1.95. The fraction of sp³-hybridized carbons (Fsp3) is 0.462. The number of ether oxygens (including phenoxy) is 1. The van der Waals surface area contributed by atoms with Crippen molar-refractivity contribution in [3.63, 3.8) is 0 Å². The molecule has 1 aromatic rings. The van der Waals surface area contributed by atoms with Crippen LogP contribution in [-0.2, 0) is 0 Å². The van der Waals surface area contributed by atoms with E-state index in [-0.39, 0.29) is 12.1 Å². The summed E-state index contributed by atoms with van der Waals surface area (Å²) in [6, 6.07) is 8.22. The SMILES string of the molecule is CCNC(=O)N[C@@H]1C[C@H]1c1ccc(OC)cc1. The molecule has 2 rings (SSSR count). The van der Waals surface area contributed by atoms with E-state index < -0.39 is 0 Å². The van der Waals surface area contributed by atoms with Crippen LogP contribution in [0.1, 0.15) is 24.8 Å². The van der Waals surface area contributed by atoms with E-state index in [2.05, 4.69) is 22.8 Å². The predicted molar refractivity (Wildman–Crippen MR) is 66.3 cm³/mol. The number of hydrogen-bond acceptors (Lipinski definition) is 2. The van der Waals surface area contributed by atoms with Crippen LogP contribution in [0.4, 0.5) is 4.79 Å². The van der Waals surface area contributed by atoms with Crippen LogP contribution in [0, 0.1) is 0 Å². The molecule has 0 spiro atoms. The van der Waals surface area contributed by atoms with Crippen molar-refractivity contribution in [2.45, 2.75) is 25.3 Å². The Morgan fingerprint density at radius 2 is 2.12 bits per heavy atom. The van der Waals surface area contributed by atoms with Gasteiger partial charge in [0, 0.05) is 18.5 Å². The van der Waals surface area contributed by atoms with Crippen LogP contribution >= 0.6 is 0 Å². The Morgan fingerprint density at radius 1 is 1.41 bits per heavy atom. The van der Waals surface area contributed by atoms with Crippen LogP contribution in [0.2, 0.25) is 0 Å². The van der Waals surface area contributed by atoms with Crippen LogP contribution in [0.5, 0.6) is 5.75 Å². The van der Waals surface area contributed by atoms with Gasteiger partial charge in [-0.1, -0.05) is 12.1 Å². The number of rotatable bonds is 4. The smallest absolute Gasteiger partial charge is 0.315 e. The molecule has 1 aliphatic rings. The molecule has 4 nitrogen and oxygen atoms in total. The lowest BCUT2D eigenvalue weighted by atomic mass is 10.1. The molecular formula is C13H18N2O2. The van der Waals surface area contributed by atoms with Gasteiger partial charge in [-0.05, 0) is 31.0 Å². The molecule has 1 fully saturated rings. The predicted octanol–water partition coefficient (Wildman–Crippen LogP) is 1.87. The van der Waals surface area contributed by atoms with Crippen LogP contribution in [0.25, 0.3) is 0 Å². The summed E-state index contributed by atoms with van der Waals surface area (Å²) in [6.45, 7) is 2.57. The summed E-state index contributed by atoms with van der Waals surface area (Å²) >= 11 is 0. The third-order valence-corrected chi connectivity index (χ3v) is 2.99. The van der Waals surface area contributed by atoms with Gasteiger partial charge < -0.3 is 15.4 Å². The van der Waals surface area contributed by atoms with Crippen LogP contribution in [-0.4, -0.2) is 25.7 Å². The highest BCUT2D eigenvalue weighted by Gasteiger charge is 2.39. The third kappa shape index (κ3) is 2.90. The maximum atomic E-state index is 11.3. The number of carbonyl (C=O) groups excluding carboxylic acids is 1. The highest BCUT2D eigenvalue weighted by atomic mass is 16.5. The molecule has 0 bridgehead atoms. The molecule has 2 atom stereocenters. The van der Waals surface area contributed by atoms with Gasteiger partial charge >= 0.3 is 6.03 Å². The standard InChI is InChI=1S/C13H18N2O2/c1-3-14-13(16)15-12-8-11(12)9-4-6-10(17-2)7-5-9/h4-7,11-12H,3,8H2,1-2H3,(H2,14,15,16)/t11-,12+/m0/s1. The Labute approximate surface area is 101 Å². The van der Waals surface area contributed by atoms with E-state index in [1.54, 1.807) is 7.11 Å². The highest BCUT2D eigenvalue weighted by molar-refractivity contribution is 5.74. The summed E-state index contributed by atoms with van der Waals surface area (Å²) in [5.41, 5.74) is 1.26. The van der Waals surface area contributed by atoms with E-state index in [0.29, 0.717) is 12.5 Å². The maximum Gasteiger partial charge on any atom is 0.315 e. The maximum absolute atomic E-state index is 11.3. The van der Waals surface area contributed by atoms with E-state index in [0.717, 1.165) is 12.2 Å². The Kier molecular flexibility index (Phi) is 3.52. The van der Waals surface area contributed by atoms with Gasteiger partial charge in [-0.3, -0.25) is 0 Å². The van der Waals surface area contributed by atoms with E-state index in [4.69, 9.17) is 4.74 Å². The van der Waals surface area contributed by atoms with Gasteiger partial charge in [-0.2, -0.15) is 0 Å². The third-order valence-electron chi connectivity index (χ3n) is 2.99. The number of hydrogen-bond donors (Lipinski definition) is 2. The summed E-state index contributed by atoms with van der Waals surface area (Å²) in [6.07, 6.45) is 1.02. The first kappa shape index (κ1) is 11.8. The quantitative estimate of drug-likeness (QED) is 0.835. The molecule has 92 valence electrons. The Bertz CT molecular complexity index is 389. The monoisotopic (exact) mass is 234 g/mol. The minimum atomic E-state index is -0.0755. The van der Waals surface area contributed by atoms with Gasteiger partial charge in [0.05, 0.1) is 7.11 Å². The zero-order valence-corrected chi connectivity index (χ0v) is 10.2. The first-order valence-corrected chi connectivity index (χ1v) is 5.93. The summed E-state index contributed by atoms with van der Waals surface area (Å²) in [4.78, 5) is 11.3. The summed E-state index contributed by atoms with van der Waals surface area (Å²) in [5.74, 6) is 1.31. The molecule has 1 saturated carbocycles. The Hall–Kier alpha value is -1.71. The van der Waals surface area contributed by atoms with E-state index >= 15 is 0 Å². The normalized spacial score (nSPS) is 21.8. The van der Waals surface area contributed by atoms with Gasteiger partial charge in [0.2, 0.25) is 0 Å². The molecule has 0 aromatic heterocycles. The van der Waals surface area contributed by atoms with E-state index in [9.17, 15) is 4.79 Å². The van der Waals surface area contributed by atoms with Gasteiger partial charge in [0.25, 0.3) is 0 Å². The number of carbonyl (C=O) groups is 1. The van der Waals surface area contributed by atoms with E-state index in [1.165, 1.54) is 5.56 Å². The Balaban J connectivity index is 1.87. The molecule has 0 heterocycles. The Morgan fingerprint density at radius 3 is 2.71 bits per heavy atom. The summed E-state index contributed by atoms with van der Waals surface area (Å²) in [7, 11) is 1.66. The average molecular weight is 234 g/mol. The molecule has 0 radical (unpaired) electrons. The second kappa shape index (κ2) is 5.08. The molecular weight excluding hydrogens is 216 g/mol. The van der Waals surface area contributed by atoms with Crippen molar-refractivity contribution in [3.8, 4) is 5.75 Å². The first-order valence-electron chi connectivity index (χ1n) is 5.93. The summed E-state index contributed by atoms with van der Waals surface area (Å²) < 4.78 is 5.11. The molecule has 2 amide bonds. The molecule has 1 aromatic carbocycles. The number of amides is 2. The molecule has 1 aliphatic carbocycles. The van der Waals surface area contributed by atoms with Gasteiger partial charge in [0.15, 0.2) is 0 Å². The number of benzene rings is 1. The largest absolute Gasteiger partial charge is 0.497 e. The van der Waals surface area contributed by atoms with Crippen LogP contribution in [0.3, 0.4) is 0 Å². The second-order valence-corrected chi connectivity index (χ2v) is 4.23. The molecule has 2 N–H and O–H groups in total. The fourth-order valence-electron chi connectivity index (χ4n) is 1.95. The van der Waals surface area contributed by atoms with Crippen molar-refractivity contribution < 1.29 is 9.53 Å².